The summed E-state index contributed by atoms with van der Waals surface area (Å²) in [5, 5.41) is 0.662. The van der Waals surface area contributed by atoms with Crippen LogP contribution in [-0.2, 0) is 4.79 Å². The molecule has 0 amide bonds. The molecule has 2 aromatic rings. The van der Waals surface area contributed by atoms with Gasteiger partial charge in [-0.25, -0.2) is 18.7 Å². The predicted octanol–water partition coefficient (Wildman–Crippen LogP) is 3.91. The van der Waals surface area contributed by atoms with E-state index in [1.165, 1.54) is 12.4 Å². The number of alkyl halides is 2. The summed E-state index contributed by atoms with van der Waals surface area (Å²) in [5.74, 6) is -2.22. The Balaban J connectivity index is 1.84. The Labute approximate surface area is 138 Å². The molecule has 0 unspecified atom stereocenters. The number of H-pyrrole nitrogens is 1. The van der Waals surface area contributed by atoms with E-state index in [-0.39, 0.29) is 24.7 Å². The molecule has 0 saturated heterocycles. The van der Waals surface area contributed by atoms with E-state index in [0.717, 1.165) is 5.56 Å². The first-order valence-corrected chi connectivity index (χ1v) is 8.06. The van der Waals surface area contributed by atoms with Gasteiger partial charge in [0.1, 0.15) is 18.1 Å². The molecule has 1 aliphatic rings. The average Bonchev–Trinajstić information content (AvgIpc) is 2.99. The molecule has 24 heavy (non-hydrogen) atoms. The van der Waals surface area contributed by atoms with Gasteiger partial charge < -0.3 is 9.72 Å². The number of nitrogens with one attached hydrogen (secondary N) is 1. The summed E-state index contributed by atoms with van der Waals surface area (Å²) in [4.78, 5) is 22.8. The van der Waals surface area contributed by atoms with Crippen molar-refractivity contribution in [2.24, 2.45) is 0 Å². The van der Waals surface area contributed by atoms with E-state index in [0.29, 0.717) is 36.2 Å². The van der Waals surface area contributed by atoms with E-state index in [9.17, 15) is 13.6 Å². The van der Waals surface area contributed by atoms with Crippen LogP contribution in [0.4, 0.5) is 8.78 Å². The molecule has 128 valence electrons. The zero-order valence-electron chi connectivity index (χ0n) is 13.4. The van der Waals surface area contributed by atoms with Crippen LogP contribution in [0.15, 0.2) is 18.6 Å². The summed E-state index contributed by atoms with van der Waals surface area (Å²) in [6.07, 6.45) is 6.67. The Kier molecular flexibility index (Phi) is 4.59. The number of ether oxygens (including phenoxy) is 1. The molecule has 0 bridgehead atoms. The third kappa shape index (κ3) is 3.60. The Morgan fingerprint density at radius 1 is 1.42 bits per heavy atom. The Bertz CT molecular complexity index is 760. The van der Waals surface area contributed by atoms with Crippen LogP contribution in [0.1, 0.15) is 44.6 Å². The zero-order valence-corrected chi connectivity index (χ0v) is 13.4. The van der Waals surface area contributed by atoms with Crippen LogP contribution in [-0.4, -0.2) is 32.8 Å². The zero-order chi connectivity index (χ0) is 17.2. The van der Waals surface area contributed by atoms with E-state index >= 15 is 0 Å². The summed E-state index contributed by atoms with van der Waals surface area (Å²) in [7, 11) is 0. The number of carbonyl (C=O) groups is 1. The highest BCUT2D eigenvalue weighted by Crippen LogP contribution is 2.36. The molecule has 1 fully saturated rings. The van der Waals surface area contributed by atoms with E-state index in [1.54, 1.807) is 19.2 Å². The Hall–Kier alpha value is -2.31. The van der Waals surface area contributed by atoms with Crippen LogP contribution in [0.3, 0.4) is 0 Å². The van der Waals surface area contributed by atoms with Crippen molar-refractivity contribution < 1.29 is 18.3 Å². The number of aromatic amines is 1. The predicted molar refractivity (Wildman–Crippen MR) is 86.1 cm³/mol. The number of halogens is 2. The van der Waals surface area contributed by atoms with Gasteiger partial charge in [-0.15, -0.1) is 0 Å². The molecule has 2 aromatic heterocycles. The normalized spacial score (nSPS) is 18.3. The summed E-state index contributed by atoms with van der Waals surface area (Å²) >= 11 is 0. The molecular weight excluding hydrogens is 316 g/mol. The smallest absolute Gasteiger partial charge is 0.248 e. The first-order valence-electron chi connectivity index (χ1n) is 8.06. The maximum atomic E-state index is 13.3. The van der Waals surface area contributed by atoms with Gasteiger partial charge in [-0.05, 0) is 25.0 Å². The van der Waals surface area contributed by atoms with Crippen molar-refractivity contribution in [1.82, 2.24) is 15.0 Å². The molecule has 7 heteroatoms. The molecule has 1 saturated carbocycles. The number of aromatic nitrogens is 3. The molecule has 1 N–H and O–H groups in total. The molecule has 5 nitrogen and oxygen atoms in total. The molecule has 1 aliphatic carbocycles. The highest BCUT2D eigenvalue weighted by molar-refractivity contribution is 5.97. The minimum atomic E-state index is -2.59. The van der Waals surface area contributed by atoms with Gasteiger partial charge in [-0.2, -0.15) is 0 Å². The number of carbonyl (C=O) groups excluding carboxylic acids is 1. The third-order valence-electron chi connectivity index (χ3n) is 4.21. The minimum absolute atomic E-state index is 0.0122. The Morgan fingerprint density at radius 2 is 2.17 bits per heavy atom. The fourth-order valence-corrected chi connectivity index (χ4v) is 2.77. The van der Waals surface area contributed by atoms with Gasteiger partial charge in [0.15, 0.2) is 5.78 Å². The fourth-order valence-electron chi connectivity index (χ4n) is 2.77. The summed E-state index contributed by atoms with van der Waals surface area (Å²) in [5.41, 5.74) is 1.33. The average molecular weight is 335 g/mol. The van der Waals surface area contributed by atoms with Crippen LogP contribution in [0.5, 0.6) is 5.88 Å². The fraction of sp³-hybridized carbons (Fsp3) is 0.471. The van der Waals surface area contributed by atoms with Crippen molar-refractivity contribution in [3.8, 4) is 5.88 Å². The number of allylic oxidation sites excluding steroid dienone is 1. The number of hydrogen-bond donors (Lipinski definition) is 1. The van der Waals surface area contributed by atoms with E-state index in [1.807, 2.05) is 0 Å². The highest BCUT2D eigenvalue weighted by atomic mass is 19.3. The molecule has 2 heterocycles. The quantitative estimate of drug-likeness (QED) is 0.841. The molecule has 3 rings (SSSR count). The minimum Gasteiger partial charge on any atom is -0.474 e. The second-order valence-corrected chi connectivity index (χ2v) is 5.97. The lowest BCUT2D eigenvalue weighted by molar-refractivity contribution is -0.114. The number of ketones is 1. The van der Waals surface area contributed by atoms with Gasteiger partial charge in [0.2, 0.25) is 11.8 Å². The van der Waals surface area contributed by atoms with Crippen LogP contribution in [0.25, 0.3) is 17.1 Å². The first-order chi connectivity index (χ1) is 11.5. The van der Waals surface area contributed by atoms with Crippen molar-refractivity contribution in [3.63, 3.8) is 0 Å². The SMILES string of the molecule is CCC(=O)/C=C/c1c[nH]c2ncnc(OC3CCC(F)(F)CC3)c12. The maximum Gasteiger partial charge on any atom is 0.248 e. The van der Waals surface area contributed by atoms with Crippen molar-refractivity contribution in [3.05, 3.63) is 24.2 Å². The van der Waals surface area contributed by atoms with Crippen LogP contribution in [0, 0.1) is 0 Å². The second kappa shape index (κ2) is 6.67. The van der Waals surface area contributed by atoms with Crippen LogP contribution < -0.4 is 4.74 Å². The molecule has 0 aliphatic heterocycles. The van der Waals surface area contributed by atoms with Crippen molar-refractivity contribution >= 4 is 22.9 Å². The number of hydrogen-bond acceptors (Lipinski definition) is 4. The van der Waals surface area contributed by atoms with Gasteiger partial charge in [0.05, 0.1) is 5.39 Å². The van der Waals surface area contributed by atoms with Gasteiger partial charge >= 0.3 is 0 Å². The largest absolute Gasteiger partial charge is 0.474 e. The lowest BCUT2D eigenvalue weighted by Crippen LogP contribution is -2.31. The number of nitrogens with zero attached hydrogens (tertiary/aromatic N) is 2. The summed E-state index contributed by atoms with van der Waals surface area (Å²) in [6, 6.07) is 0. The lowest BCUT2D eigenvalue weighted by Gasteiger charge is -2.28. The highest BCUT2D eigenvalue weighted by Gasteiger charge is 2.36. The van der Waals surface area contributed by atoms with Crippen molar-refractivity contribution in [2.75, 3.05) is 0 Å². The van der Waals surface area contributed by atoms with Gasteiger partial charge in [0, 0.05) is 31.0 Å². The Morgan fingerprint density at radius 3 is 2.88 bits per heavy atom. The molecule has 0 spiro atoms. The van der Waals surface area contributed by atoms with Gasteiger partial charge in [-0.1, -0.05) is 6.92 Å². The summed E-state index contributed by atoms with van der Waals surface area (Å²) in [6.45, 7) is 1.79. The van der Waals surface area contributed by atoms with Crippen LogP contribution in [0.2, 0.25) is 0 Å². The van der Waals surface area contributed by atoms with Crippen molar-refractivity contribution in [1.29, 1.82) is 0 Å². The number of fused-ring (bicyclic) bond motifs is 1. The van der Waals surface area contributed by atoms with Gasteiger partial charge in [-0.3, -0.25) is 4.79 Å². The standard InChI is InChI=1S/C17H19F2N3O2/c1-2-12(23)4-3-11-9-20-15-14(11)16(22-10-21-15)24-13-5-7-17(18,19)8-6-13/h3-4,9-10,13H,2,5-8H2,1H3,(H,20,21,22)/b4-3+. The molecular formula is C17H19F2N3O2. The molecule has 0 atom stereocenters. The molecule has 0 radical (unpaired) electrons. The van der Waals surface area contributed by atoms with Gasteiger partial charge in [0.25, 0.3) is 0 Å². The van der Waals surface area contributed by atoms with E-state index in [2.05, 4.69) is 15.0 Å². The molecule has 0 aromatic carbocycles. The maximum absolute atomic E-state index is 13.3. The second-order valence-electron chi connectivity index (χ2n) is 5.97. The van der Waals surface area contributed by atoms with Crippen LogP contribution >= 0.6 is 0 Å². The first kappa shape index (κ1) is 16.5. The van der Waals surface area contributed by atoms with E-state index in [4.69, 9.17) is 4.74 Å². The topological polar surface area (TPSA) is 67.9 Å². The number of rotatable bonds is 5. The van der Waals surface area contributed by atoms with Crippen molar-refractivity contribution in [2.45, 2.75) is 51.1 Å². The third-order valence-corrected chi connectivity index (χ3v) is 4.21. The monoisotopic (exact) mass is 335 g/mol. The lowest BCUT2D eigenvalue weighted by atomic mass is 9.94. The van der Waals surface area contributed by atoms with E-state index < -0.39 is 5.92 Å². The summed E-state index contributed by atoms with van der Waals surface area (Å²) < 4.78 is 32.4.